The van der Waals surface area contributed by atoms with E-state index in [9.17, 15) is 4.79 Å². The van der Waals surface area contributed by atoms with Crippen LogP contribution in [0.1, 0.15) is 32.6 Å². The van der Waals surface area contributed by atoms with Crippen LogP contribution in [-0.2, 0) is 6.61 Å². The lowest BCUT2D eigenvalue weighted by Crippen LogP contribution is -2.00. The fourth-order valence-corrected chi connectivity index (χ4v) is 3.03. The van der Waals surface area contributed by atoms with Gasteiger partial charge in [-0.05, 0) is 66.9 Å². The number of rotatable bonds is 6. The summed E-state index contributed by atoms with van der Waals surface area (Å²) in [6, 6.07) is 18.6. The van der Waals surface area contributed by atoms with Gasteiger partial charge in [0, 0.05) is 16.3 Å². The van der Waals surface area contributed by atoms with Gasteiger partial charge in [0.25, 0.3) is 0 Å². The van der Waals surface area contributed by atoms with Gasteiger partial charge in [0.1, 0.15) is 12.4 Å². The Morgan fingerprint density at radius 3 is 2.54 bits per heavy atom. The topological polar surface area (TPSA) is 58.9 Å². The molecule has 0 spiro atoms. The number of hydrogen-bond donors (Lipinski definition) is 1. The summed E-state index contributed by atoms with van der Waals surface area (Å²) in [5.41, 5.74) is 5.21. The summed E-state index contributed by atoms with van der Waals surface area (Å²) in [6.07, 6.45) is 1.80. The van der Waals surface area contributed by atoms with Crippen molar-refractivity contribution >= 4 is 33.8 Å². The average Bonchev–Trinajstić information content (AvgIpc) is 2.68. The molecule has 4 nitrogen and oxygen atoms in total. The van der Waals surface area contributed by atoms with Gasteiger partial charge in [-0.1, -0.05) is 40.2 Å². The number of carboxylic acid groups (broad SMARTS) is 1. The summed E-state index contributed by atoms with van der Waals surface area (Å²) in [7, 11) is 0. The molecule has 0 heterocycles. The number of nitrogens with zero attached hydrogens (tertiary/aromatic N) is 1. The molecule has 1 N–H and O–H groups in total. The normalized spacial score (nSPS) is 11.0. The van der Waals surface area contributed by atoms with Gasteiger partial charge in [-0.15, -0.1) is 0 Å². The van der Waals surface area contributed by atoms with Gasteiger partial charge in [0.15, 0.2) is 0 Å². The monoisotopic (exact) mass is 437 g/mol. The van der Waals surface area contributed by atoms with Crippen molar-refractivity contribution in [3.8, 4) is 5.75 Å². The highest BCUT2D eigenvalue weighted by Gasteiger charge is 2.06. The first-order chi connectivity index (χ1) is 13.4. The summed E-state index contributed by atoms with van der Waals surface area (Å²) in [5.74, 6) is -0.232. The molecule has 3 aromatic rings. The van der Waals surface area contributed by atoms with Crippen molar-refractivity contribution in [2.75, 3.05) is 0 Å². The van der Waals surface area contributed by atoms with E-state index in [1.165, 1.54) is 0 Å². The molecule has 0 radical (unpaired) electrons. The zero-order valence-electron chi connectivity index (χ0n) is 15.6. The highest BCUT2D eigenvalue weighted by molar-refractivity contribution is 9.10. The van der Waals surface area contributed by atoms with Crippen LogP contribution in [0.15, 0.2) is 70.1 Å². The second-order valence-corrected chi connectivity index (χ2v) is 7.44. The van der Waals surface area contributed by atoms with Crippen LogP contribution < -0.4 is 4.74 Å². The van der Waals surface area contributed by atoms with Gasteiger partial charge >= 0.3 is 5.97 Å². The average molecular weight is 438 g/mol. The highest BCUT2D eigenvalue weighted by atomic mass is 79.9. The first kappa shape index (κ1) is 19.8. The smallest absolute Gasteiger partial charge is 0.335 e. The molecule has 0 saturated carbocycles. The number of carboxylic acids is 1. The Hall–Kier alpha value is -2.92. The quantitative estimate of drug-likeness (QED) is 0.474. The number of halogens is 1. The van der Waals surface area contributed by atoms with Crippen LogP contribution in [0.3, 0.4) is 0 Å². The lowest BCUT2D eigenvalue weighted by atomic mass is 10.1. The van der Waals surface area contributed by atoms with E-state index in [2.05, 4.69) is 33.1 Å². The maximum atomic E-state index is 11.0. The first-order valence-corrected chi connectivity index (χ1v) is 9.57. The Bertz CT molecular complexity index is 1030. The Morgan fingerprint density at radius 1 is 1.07 bits per heavy atom. The van der Waals surface area contributed by atoms with Gasteiger partial charge in [-0.25, -0.2) is 4.79 Å². The van der Waals surface area contributed by atoms with E-state index >= 15 is 0 Å². The molecule has 3 rings (SSSR count). The Balaban J connectivity index is 1.79. The summed E-state index contributed by atoms with van der Waals surface area (Å²) in [6.45, 7) is 4.42. The van der Waals surface area contributed by atoms with Crippen LogP contribution >= 0.6 is 15.9 Å². The fraction of sp³-hybridized carbons (Fsp3) is 0.130. The van der Waals surface area contributed by atoms with Crippen molar-refractivity contribution in [3.05, 3.63) is 93.0 Å². The molecule has 0 aromatic heterocycles. The predicted octanol–water partition coefficient (Wildman–Crippen LogP) is 6.09. The lowest BCUT2D eigenvalue weighted by Gasteiger charge is -2.10. The zero-order chi connectivity index (χ0) is 20.1. The molecule has 28 heavy (non-hydrogen) atoms. The van der Waals surface area contributed by atoms with Gasteiger partial charge in [-0.3, -0.25) is 4.99 Å². The molecule has 0 saturated heterocycles. The molecule has 5 heteroatoms. The van der Waals surface area contributed by atoms with Crippen molar-refractivity contribution in [2.45, 2.75) is 20.5 Å². The SMILES string of the molecule is Cc1ccc(C)c(N=Cc2cc(Br)ccc2OCc2ccc(C(=O)O)cc2)c1. The molecular formula is C23H20BrNO3. The van der Waals surface area contributed by atoms with Gasteiger partial charge in [-0.2, -0.15) is 0 Å². The third kappa shape index (κ3) is 5.08. The van der Waals surface area contributed by atoms with E-state index in [1.54, 1.807) is 30.5 Å². The Labute approximate surface area is 172 Å². The van der Waals surface area contributed by atoms with Crippen molar-refractivity contribution < 1.29 is 14.6 Å². The van der Waals surface area contributed by atoms with Gasteiger partial charge in [0.05, 0.1) is 11.3 Å². The summed E-state index contributed by atoms with van der Waals surface area (Å²) in [4.78, 5) is 15.6. The zero-order valence-corrected chi connectivity index (χ0v) is 17.2. The standard InChI is InChI=1S/C23H20BrNO3/c1-15-3-4-16(2)21(11-15)25-13-19-12-20(24)9-10-22(19)28-14-17-5-7-18(8-6-17)23(26)27/h3-13H,14H2,1-2H3,(H,26,27). The van der Waals surface area contributed by atoms with E-state index < -0.39 is 5.97 Å². The van der Waals surface area contributed by atoms with Crippen molar-refractivity contribution in [3.63, 3.8) is 0 Å². The third-order valence-corrected chi connectivity index (χ3v) is 4.77. The van der Waals surface area contributed by atoms with E-state index in [4.69, 9.17) is 9.84 Å². The number of hydrogen-bond acceptors (Lipinski definition) is 3. The van der Waals surface area contributed by atoms with Crippen LogP contribution in [0.5, 0.6) is 5.75 Å². The van der Waals surface area contributed by atoms with E-state index in [1.807, 2.05) is 38.1 Å². The van der Waals surface area contributed by atoms with Crippen LogP contribution in [0.2, 0.25) is 0 Å². The molecule has 142 valence electrons. The second-order valence-electron chi connectivity index (χ2n) is 6.52. The molecule has 0 amide bonds. The molecule has 3 aromatic carbocycles. The number of benzene rings is 3. The third-order valence-electron chi connectivity index (χ3n) is 4.27. The van der Waals surface area contributed by atoms with Crippen LogP contribution in [0.4, 0.5) is 5.69 Å². The maximum absolute atomic E-state index is 11.0. The van der Waals surface area contributed by atoms with Crippen LogP contribution in [0.25, 0.3) is 0 Å². The van der Waals surface area contributed by atoms with Crippen molar-refractivity contribution in [1.82, 2.24) is 0 Å². The Morgan fingerprint density at radius 2 is 1.82 bits per heavy atom. The van der Waals surface area contributed by atoms with E-state index in [0.29, 0.717) is 12.4 Å². The summed E-state index contributed by atoms with van der Waals surface area (Å²) >= 11 is 3.49. The molecule has 0 unspecified atom stereocenters. The van der Waals surface area contributed by atoms with Crippen molar-refractivity contribution in [2.24, 2.45) is 4.99 Å². The molecule has 0 fully saturated rings. The van der Waals surface area contributed by atoms with E-state index in [-0.39, 0.29) is 5.56 Å². The fourth-order valence-electron chi connectivity index (χ4n) is 2.65. The highest BCUT2D eigenvalue weighted by Crippen LogP contribution is 2.25. The predicted molar refractivity (Wildman–Crippen MR) is 115 cm³/mol. The molecule has 0 bridgehead atoms. The Kier molecular flexibility index (Phi) is 6.26. The maximum Gasteiger partial charge on any atom is 0.335 e. The number of ether oxygens (including phenoxy) is 1. The molecular weight excluding hydrogens is 418 g/mol. The minimum absolute atomic E-state index is 0.258. The summed E-state index contributed by atoms with van der Waals surface area (Å²) < 4.78 is 6.90. The number of aryl methyl sites for hydroxylation is 2. The van der Waals surface area contributed by atoms with Crippen LogP contribution in [-0.4, -0.2) is 17.3 Å². The van der Waals surface area contributed by atoms with Crippen molar-refractivity contribution in [1.29, 1.82) is 0 Å². The lowest BCUT2D eigenvalue weighted by molar-refractivity contribution is 0.0697. The largest absolute Gasteiger partial charge is 0.488 e. The minimum atomic E-state index is -0.940. The van der Waals surface area contributed by atoms with E-state index in [0.717, 1.165) is 32.4 Å². The first-order valence-electron chi connectivity index (χ1n) is 8.78. The van der Waals surface area contributed by atoms with Gasteiger partial charge < -0.3 is 9.84 Å². The molecule has 0 aliphatic heterocycles. The molecule has 0 atom stereocenters. The number of carbonyl (C=O) groups is 1. The van der Waals surface area contributed by atoms with Gasteiger partial charge in [0.2, 0.25) is 0 Å². The minimum Gasteiger partial charge on any atom is -0.488 e. The number of aromatic carboxylic acids is 1. The molecule has 0 aliphatic carbocycles. The number of aliphatic imine (C=N–C) groups is 1. The second kappa shape index (κ2) is 8.85. The summed E-state index contributed by atoms with van der Waals surface area (Å²) in [5, 5.41) is 8.99. The molecule has 0 aliphatic rings. The van der Waals surface area contributed by atoms with Crippen LogP contribution in [0, 0.1) is 13.8 Å².